The molecule has 0 spiro atoms. The Labute approximate surface area is 136 Å². The fourth-order valence-corrected chi connectivity index (χ4v) is 2.17. The molecule has 0 rings (SSSR count). The quantitative estimate of drug-likeness (QED) is 0.311. The third-order valence-electron chi connectivity index (χ3n) is 3.32. The van der Waals surface area contributed by atoms with Crippen molar-refractivity contribution in [3.05, 3.63) is 38.5 Å². The highest BCUT2D eigenvalue weighted by molar-refractivity contribution is 5.72. The van der Waals surface area contributed by atoms with Gasteiger partial charge in [-0.2, -0.15) is 0 Å². The molecule has 0 saturated carbocycles. The Morgan fingerprint density at radius 1 is 0.870 bits per heavy atom. The third kappa shape index (κ3) is 10.1. The summed E-state index contributed by atoms with van der Waals surface area (Å²) in [6, 6.07) is 0. The van der Waals surface area contributed by atoms with Gasteiger partial charge in [-0.15, -0.1) is 0 Å². The molecule has 128 valence electrons. The molecule has 6 heteroatoms. The Morgan fingerprint density at radius 2 is 1.35 bits per heavy atom. The van der Waals surface area contributed by atoms with Gasteiger partial charge in [0.2, 0.25) is 0 Å². The van der Waals surface area contributed by atoms with E-state index in [4.69, 9.17) is 9.47 Å². The van der Waals surface area contributed by atoms with E-state index in [1.165, 1.54) is 0 Å². The molecule has 23 heavy (non-hydrogen) atoms. The second-order valence-corrected chi connectivity index (χ2v) is 5.01. The molecule has 0 heterocycles. The number of ether oxygens (including phenoxy) is 3. The maximum atomic E-state index is 11.6. The van der Waals surface area contributed by atoms with Crippen LogP contribution in [0.15, 0.2) is 38.5 Å². The summed E-state index contributed by atoms with van der Waals surface area (Å²) in [4.78, 5) is 34.5. The summed E-state index contributed by atoms with van der Waals surface area (Å²) in [5, 5.41) is 0. The Morgan fingerprint density at radius 3 is 1.87 bits per heavy atom. The molecule has 0 aromatic heterocycles. The fraction of sp³-hybridized carbons (Fsp3) is 0.471. The molecule has 0 radical (unpaired) electrons. The molecule has 0 N–H and O–H groups in total. The van der Waals surface area contributed by atoms with Crippen molar-refractivity contribution in [3.63, 3.8) is 0 Å². The highest BCUT2D eigenvalue weighted by Crippen LogP contribution is 2.26. The molecular weight excluding hydrogens is 300 g/mol. The molecular formula is C17H24O6. The lowest BCUT2D eigenvalue weighted by atomic mass is 9.84. The van der Waals surface area contributed by atoms with Gasteiger partial charge in [-0.05, 0) is 24.7 Å². The lowest BCUT2D eigenvalue weighted by Crippen LogP contribution is -2.20. The second-order valence-electron chi connectivity index (χ2n) is 5.01. The minimum absolute atomic E-state index is 0.116. The average molecular weight is 324 g/mol. The van der Waals surface area contributed by atoms with Crippen LogP contribution in [0.5, 0.6) is 0 Å². The van der Waals surface area contributed by atoms with Crippen LogP contribution in [0, 0.1) is 11.8 Å². The van der Waals surface area contributed by atoms with Gasteiger partial charge in [0.05, 0.1) is 18.8 Å². The maximum absolute atomic E-state index is 11.6. The van der Waals surface area contributed by atoms with Crippen LogP contribution in [-0.2, 0) is 28.6 Å². The van der Waals surface area contributed by atoms with E-state index in [1.807, 2.05) is 6.92 Å². The minimum atomic E-state index is -0.428. The van der Waals surface area contributed by atoms with Crippen LogP contribution in [0.1, 0.15) is 39.0 Å². The van der Waals surface area contributed by atoms with Crippen LogP contribution in [0.25, 0.3) is 0 Å². The Kier molecular flexibility index (Phi) is 10.9. The third-order valence-corrected chi connectivity index (χ3v) is 3.32. The van der Waals surface area contributed by atoms with Crippen molar-refractivity contribution in [2.75, 3.05) is 0 Å². The van der Waals surface area contributed by atoms with Gasteiger partial charge in [-0.3, -0.25) is 14.4 Å². The van der Waals surface area contributed by atoms with Gasteiger partial charge >= 0.3 is 17.9 Å². The van der Waals surface area contributed by atoms with Crippen molar-refractivity contribution in [2.24, 2.45) is 11.8 Å². The van der Waals surface area contributed by atoms with Crippen LogP contribution in [0.4, 0.5) is 0 Å². The number of carbonyl (C=O) groups is 3. The summed E-state index contributed by atoms with van der Waals surface area (Å²) in [7, 11) is 0. The first-order valence-corrected chi connectivity index (χ1v) is 7.35. The molecule has 0 saturated heterocycles. The molecule has 6 nitrogen and oxygen atoms in total. The predicted octanol–water partition coefficient (Wildman–Crippen LogP) is 3.25. The van der Waals surface area contributed by atoms with E-state index in [0.29, 0.717) is 12.8 Å². The zero-order valence-corrected chi connectivity index (χ0v) is 13.5. The highest BCUT2D eigenvalue weighted by Gasteiger charge is 2.24. The zero-order valence-electron chi connectivity index (χ0n) is 13.5. The monoisotopic (exact) mass is 324 g/mol. The summed E-state index contributed by atoms with van der Waals surface area (Å²) < 4.78 is 14.1. The van der Waals surface area contributed by atoms with Crippen molar-refractivity contribution in [2.45, 2.75) is 39.0 Å². The van der Waals surface area contributed by atoms with E-state index >= 15 is 0 Å². The fourth-order valence-electron chi connectivity index (χ4n) is 2.17. The van der Waals surface area contributed by atoms with Gasteiger partial charge in [0.1, 0.15) is 0 Å². The van der Waals surface area contributed by atoms with Gasteiger partial charge in [0.15, 0.2) is 0 Å². The van der Waals surface area contributed by atoms with E-state index in [0.717, 1.165) is 18.8 Å². The first-order chi connectivity index (χ1) is 10.9. The lowest BCUT2D eigenvalue weighted by Gasteiger charge is -2.22. The number of hydrogen-bond donors (Lipinski definition) is 0. The molecule has 2 atom stereocenters. The summed E-state index contributed by atoms with van der Waals surface area (Å²) in [6.07, 6.45) is 4.80. The second kappa shape index (κ2) is 12.2. The molecule has 0 amide bonds. The maximum Gasteiger partial charge on any atom is 0.310 e. The SMILES string of the molecule is C=COC(=O)CCCC(CC(=O)OC=C)C(C)CC(=O)OC=C. The van der Waals surface area contributed by atoms with Gasteiger partial charge in [0.25, 0.3) is 0 Å². The van der Waals surface area contributed by atoms with Crippen LogP contribution in [-0.4, -0.2) is 17.9 Å². The molecule has 0 aromatic carbocycles. The van der Waals surface area contributed by atoms with E-state index in [-0.39, 0.29) is 37.1 Å². The topological polar surface area (TPSA) is 78.9 Å². The molecule has 0 aliphatic carbocycles. The van der Waals surface area contributed by atoms with Crippen molar-refractivity contribution in [1.29, 1.82) is 0 Å². The minimum Gasteiger partial charge on any atom is -0.435 e. The van der Waals surface area contributed by atoms with Crippen molar-refractivity contribution >= 4 is 17.9 Å². The molecule has 0 aliphatic rings. The van der Waals surface area contributed by atoms with Gasteiger partial charge in [-0.1, -0.05) is 26.7 Å². The summed E-state index contributed by atoms with van der Waals surface area (Å²) in [5.41, 5.74) is 0. The Balaban J connectivity index is 4.59. The number of carbonyl (C=O) groups excluding carboxylic acids is 3. The van der Waals surface area contributed by atoms with Crippen LogP contribution < -0.4 is 0 Å². The predicted molar refractivity (Wildman–Crippen MR) is 84.6 cm³/mol. The van der Waals surface area contributed by atoms with E-state index in [9.17, 15) is 14.4 Å². The zero-order chi connectivity index (χ0) is 17.7. The summed E-state index contributed by atoms with van der Waals surface area (Å²) in [5.74, 6) is -1.47. The smallest absolute Gasteiger partial charge is 0.310 e. The van der Waals surface area contributed by atoms with Crippen molar-refractivity contribution < 1.29 is 28.6 Å². The standard InChI is InChI=1S/C17H24O6/c1-5-21-15(18)10-8-9-14(12-17(20)23-7-3)13(4)11-16(19)22-6-2/h5-7,13-14H,1-3,8-12H2,4H3. The van der Waals surface area contributed by atoms with Gasteiger partial charge in [0, 0.05) is 19.3 Å². The Bertz CT molecular complexity index is 440. The van der Waals surface area contributed by atoms with E-state index in [2.05, 4.69) is 24.5 Å². The highest BCUT2D eigenvalue weighted by atomic mass is 16.5. The first kappa shape index (κ1) is 20.6. The normalized spacial score (nSPS) is 12.4. The lowest BCUT2D eigenvalue weighted by molar-refractivity contribution is -0.142. The molecule has 0 fully saturated rings. The summed E-state index contributed by atoms with van der Waals surface area (Å²) in [6.45, 7) is 11.8. The molecule has 0 aromatic rings. The van der Waals surface area contributed by atoms with Gasteiger partial charge in [-0.25, -0.2) is 0 Å². The van der Waals surface area contributed by atoms with Crippen molar-refractivity contribution in [3.8, 4) is 0 Å². The molecule has 2 unspecified atom stereocenters. The molecule has 0 bridgehead atoms. The van der Waals surface area contributed by atoms with Gasteiger partial charge < -0.3 is 14.2 Å². The van der Waals surface area contributed by atoms with E-state index < -0.39 is 11.9 Å². The number of esters is 3. The van der Waals surface area contributed by atoms with Crippen molar-refractivity contribution in [1.82, 2.24) is 0 Å². The largest absolute Gasteiger partial charge is 0.435 e. The van der Waals surface area contributed by atoms with Crippen LogP contribution in [0.2, 0.25) is 0 Å². The first-order valence-electron chi connectivity index (χ1n) is 7.35. The van der Waals surface area contributed by atoms with Crippen LogP contribution in [0.3, 0.4) is 0 Å². The number of rotatable bonds is 12. The summed E-state index contributed by atoms with van der Waals surface area (Å²) >= 11 is 0. The van der Waals surface area contributed by atoms with E-state index in [1.54, 1.807) is 0 Å². The van der Waals surface area contributed by atoms with Crippen LogP contribution >= 0.6 is 0 Å². The molecule has 0 aliphatic heterocycles. The average Bonchev–Trinajstić information content (AvgIpc) is 2.46. The number of hydrogen-bond acceptors (Lipinski definition) is 6. The Hall–Kier alpha value is -2.37.